The molecule has 1 amide bonds. The SMILES string of the molecule is CC(C)(C)OC(=O)NCCOCCOCCOCCOc1ccc(I)cc1. The molecule has 0 saturated carbocycles. The number of rotatable bonds is 13. The van der Waals surface area contributed by atoms with Crippen LogP contribution in [0.4, 0.5) is 4.79 Å². The molecule has 7 nitrogen and oxygen atoms in total. The molecule has 0 atom stereocenters. The van der Waals surface area contributed by atoms with Crippen molar-refractivity contribution in [1.82, 2.24) is 5.32 Å². The molecule has 0 aliphatic carbocycles. The summed E-state index contributed by atoms with van der Waals surface area (Å²) in [6, 6.07) is 7.88. The van der Waals surface area contributed by atoms with E-state index in [2.05, 4.69) is 27.9 Å². The van der Waals surface area contributed by atoms with Gasteiger partial charge in [-0.1, -0.05) is 0 Å². The standard InChI is InChI=1S/C19H30INO6/c1-19(2,3)27-18(22)21-8-9-23-10-11-24-12-13-25-14-15-26-17-6-4-16(20)5-7-17/h4-7H,8-15H2,1-3H3,(H,21,22). The Morgan fingerprint density at radius 1 is 0.889 bits per heavy atom. The molecule has 27 heavy (non-hydrogen) atoms. The van der Waals surface area contributed by atoms with Crippen LogP contribution in [0.5, 0.6) is 5.75 Å². The number of benzene rings is 1. The van der Waals surface area contributed by atoms with Gasteiger partial charge in [-0.15, -0.1) is 0 Å². The third kappa shape index (κ3) is 14.6. The zero-order valence-electron chi connectivity index (χ0n) is 16.3. The normalized spacial score (nSPS) is 11.3. The molecule has 0 radical (unpaired) electrons. The average Bonchev–Trinajstić information content (AvgIpc) is 2.59. The van der Waals surface area contributed by atoms with Gasteiger partial charge in [0, 0.05) is 10.1 Å². The summed E-state index contributed by atoms with van der Waals surface area (Å²) >= 11 is 2.25. The smallest absolute Gasteiger partial charge is 0.407 e. The molecular formula is C19H30INO6. The van der Waals surface area contributed by atoms with Crippen molar-refractivity contribution in [2.75, 3.05) is 52.8 Å². The highest BCUT2D eigenvalue weighted by atomic mass is 127. The van der Waals surface area contributed by atoms with Gasteiger partial charge in [-0.05, 0) is 67.6 Å². The lowest BCUT2D eigenvalue weighted by molar-refractivity contribution is 0.00904. The molecule has 0 unspecified atom stereocenters. The molecule has 0 saturated heterocycles. The Labute approximate surface area is 175 Å². The van der Waals surface area contributed by atoms with Gasteiger partial charge in [-0.2, -0.15) is 0 Å². The van der Waals surface area contributed by atoms with Crippen LogP contribution < -0.4 is 10.1 Å². The fourth-order valence-corrected chi connectivity index (χ4v) is 2.19. The number of carbonyl (C=O) groups is 1. The van der Waals surface area contributed by atoms with Crippen LogP contribution in [0.25, 0.3) is 0 Å². The number of amides is 1. The second kappa shape index (κ2) is 14.0. The molecule has 1 aromatic rings. The molecule has 0 aliphatic rings. The number of nitrogens with one attached hydrogen (secondary N) is 1. The minimum Gasteiger partial charge on any atom is -0.491 e. The maximum Gasteiger partial charge on any atom is 0.407 e. The lowest BCUT2D eigenvalue weighted by Crippen LogP contribution is -2.34. The van der Waals surface area contributed by atoms with Crippen molar-refractivity contribution in [3.63, 3.8) is 0 Å². The van der Waals surface area contributed by atoms with Crippen LogP contribution in [-0.2, 0) is 18.9 Å². The van der Waals surface area contributed by atoms with Crippen LogP contribution in [0.15, 0.2) is 24.3 Å². The van der Waals surface area contributed by atoms with Crippen molar-refractivity contribution in [1.29, 1.82) is 0 Å². The molecule has 8 heteroatoms. The van der Waals surface area contributed by atoms with Crippen molar-refractivity contribution in [2.45, 2.75) is 26.4 Å². The maximum atomic E-state index is 11.4. The first-order valence-electron chi connectivity index (χ1n) is 8.95. The Hall–Kier alpha value is -1.10. The van der Waals surface area contributed by atoms with E-state index in [1.807, 2.05) is 45.0 Å². The van der Waals surface area contributed by atoms with Gasteiger partial charge in [0.2, 0.25) is 0 Å². The Kier molecular flexibility index (Phi) is 12.4. The molecule has 0 spiro atoms. The van der Waals surface area contributed by atoms with Gasteiger partial charge in [-0.25, -0.2) is 4.79 Å². The summed E-state index contributed by atoms with van der Waals surface area (Å²) in [7, 11) is 0. The Balaban J connectivity index is 1.81. The van der Waals surface area contributed by atoms with Crippen molar-refractivity contribution in [2.24, 2.45) is 0 Å². The molecule has 0 heterocycles. The van der Waals surface area contributed by atoms with Crippen LogP contribution >= 0.6 is 22.6 Å². The summed E-state index contributed by atoms with van der Waals surface area (Å²) in [6.45, 7) is 9.26. The van der Waals surface area contributed by atoms with Gasteiger partial charge < -0.3 is 29.0 Å². The number of hydrogen-bond donors (Lipinski definition) is 1. The third-order valence-corrected chi connectivity index (χ3v) is 3.69. The average molecular weight is 495 g/mol. The topological polar surface area (TPSA) is 75.3 Å². The van der Waals surface area contributed by atoms with Gasteiger partial charge in [-0.3, -0.25) is 0 Å². The van der Waals surface area contributed by atoms with Crippen LogP contribution in [0.1, 0.15) is 20.8 Å². The van der Waals surface area contributed by atoms with E-state index in [4.69, 9.17) is 23.7 Å². The minimum absolute atomic E-state index is 0.401. The number of carbonyl (C=O) groups excluding carboxylic acids is 1. The predicted molar refractivity (Wildman–Crippen MR) is 111 cm³/mol. The van der Waals surface area contributed by atoms with E-state index in [0.29, 0.717) is 52.8 Å². The highest BCUT2D eigenvalue weighted by molar-refractivity contribution is 14.1. The van der Waals surface area contributed by atoms with Crippen LogP contribution in [-0.4, -0.2) is 64.5 Å². The highest BCUT2D eigenvalue weighted by Gasteiger charge is 2.15. The lowest BCUT2D eigenvalue weighted by Gasteiger charge is -2.19. The first kappa shape index (κ1) is 23.9. The van der Waals surface area contributed by atoms with E-state index in [-0.39, 0.29) is 0 Å². The molecule has 1 rings (SSSR count). The molecule has 154 valence electrons. The Bertz CT molecular complexity index is 518. The Morgan fingerprint density at radius 3 is 1.96 bits per heavy atom. The van der Waals surface area contributed by atoms with Gasteiger partial charge in [0.25, 0.3) is 0 Å². The molecule has 0 aliphatic heterocycles. The molecule has 1 aromatic carbocycles. The number of ether oxygens (including phenoxy) is 5. The first-order chi connectivity index (χ1) is 12.9. The summed E-state index contributed by atoms with van der Waals surface area (Å²) in [5.41, 5.74) is -0.493. The summed E-state index contributed by atoms with van der Waals surface area (Å²) in [5, 5.41) is 2.63. The van der Waals surface area contributed by atoms with Crippen molar-refractivity contribution < 1.29 is 28.5 Å². The third-order valence-electron chi connectivity index (χ3n) is 2.97. The maximum absolute atomic E-state index is 11.4. The molecular weight excluding hydrogens is 465 g/mol. The highest BCUT2D eigenvalue weighted by Crippen LogP contribution is 2.13. The largest absolute Gasteiger partial charge is 0.491 e. The zero-order valence-corrected chi connectivity index (χ0v) is 18.5. The summed E-state index contributed by atoms with van der Waals surface area (Å²) in [6.07, 6.45) is -0.439. The van der Waals surface area contributed by atoms with E-state index in [9.17, 15) is 4.79 Å². The molecule has 0 fully saturated rings. The van der Waals surface area contributed by atoms with Crippen molar-refractivity contribution in [3.05, 3.63) is 27.8 Å². The van der Waals surface area contributed by atoms with E-state index in [0.717, 1.165) is 5.75 Å². The fourth-order valence-electron chi connectivity index (χ4n) is 1.83. The van der Waals surface area contributed by atoms with Crippen LogP contribution in [0.2, 0.25) is 0 Å². The van der Waals surface area contributed by atoms with Crippen molar-refractivity contribution in [3.8, 4) is 5.75 Å². The fraction of sp³-hybridized carbons (Fsp3) is 0.632. The van der Waals surface area contributed by atoms with Crippen LogP contribution in [0.3, 0.4) is 0 Å². The zero-order chi connectivity index (χ0) is 20.0. The van der Waals surface area contributed by atoms with E-state index in [1.165, 1.54) is 3.57 Å². The molecule has 1 N–H and O–H groups in total. The number of hydrogen-bond acceptors (Lipinski definition) is 6. The van der Waals surface area contributed by atoms with Gasteiger partial charge >= 0.3 is 6.09 Å². The van der Waals surface area contributed by atoms with Crippen molar-refractivity contribution >= 4 is 28.7 Å². The second-order valence-corrected chi connectivity index (χ2v) is 7.81. The number of alkyl carbamates (subject to hydrolysis) is 1. The summed E-state index contributed by atoms with van der Waals surface area (Å²) < 4.78 is 28.0. The second-order valence-electron chi connectivity index (χ2n) is 6.57. The first-order valence-corrected chi connectivity index (χ1v) is 10.0. The minimum atomic E-state index is -0.493. The van der Waals surface area contributed by atoms with E-state index in [1.54, 1.807) is 0 Å². The number of halogens is 1. The predicted octanol–water partition coefficient (Wildman–Crippen LogP) is 3.24. The lowest BCUT2D eigenvalue weighted by atomic mass is 10.2. The van der Waals surface area contributed by atoms with Crippen LogP contribution in [0, 0.1) is 3.57 Å². The van der Waals surface area contributed by atoms with Gasteiger partial charge in [0.15, 0.2) is 0 Å². The quantitative estimate of drug-likeness (QED) is 0.335. The summed E-state index contributed by atoms with van der Waals surface area (Å²) in [5.74, 6) is 0.841. The molecule has 0 aromatic heterocycles. The van der Waals surface area contributed by atoms with E-state index < -0.39 is 11.7 Å². The Morgan fingerprint density at radius 2 is 1.41 bits per heavy atom. The van der Waals surface area contributed by atoms with E-state index >= 15 is 0 Å². The summed E-state index contributed by atoms with van der Waals surface area (Å²) in [4.78, 5) is 11.4. The van der Waals surface area contributed by atoms with Gasteiger partial charge in [0.1, 0.15) is 18.0 Å². The molecule has 0 bridgehead atoms. The monoisotopic (exact) mass is 495 g/mol. The van der Waals surface area contributed by atoms with Gasteiger partial charge in [0.05, 0.1) is 39.6 Å².